The van der Waals surface area contributed by atoms with E-state index in [1.807, 2.05) is 0 Å². The van der Waals surface area contributed by atoms with Gasteiger partial charge in [0.1, 0.15) is 0 Å². The number of carboxylic acid groups (broad SMARTS) is 1. The Morgan fingerprint density at radius 3 is 2.29 bits per heavy atom. The molecule has 0 spiro atoms. The SMILES string of the molecule is O=C([O-])c1ccc(Cl)c(N2C(=O)C=CC2=O)c1. The number of carbonyl (C=O) groups is 3. The molecule has 1 aromatic rings. The van der Waals surface area contributed by atoms with Crippen LogP contribution in [0.1, 0.15) is 10.4 Å². The molecule has 2 amide bonds. The normalized spacial score (nSPS) is 14.5. The maximum atomic E-state index is 11.4. The first-order valence-corrected chi connectivity index (χ1v) is 4.95. The Morgan fingerprint density at radius 1 is 1.18 bits per heavy atom. The van der Waals surface area contributed by atoms with Gasteiger partial charge in [0.15, 0.2) is 0 Å². The van der Waals surface area contributed by atoms with Crippen LogP contribution in [0.5, 0.6) is 0 Å². The van der Waals surface area contributed by atoms with Crippen LogP contribution in [0.2, 0.25) is 5.02 Å². The molecule has 0 atom stereocenters. The first-order chi connectivity index (χ1) is 8.00. The Labute approximate surface area is 101 Å². The molecule has 2 rings (SSSR count). The van der Waals surface area contributed by atoms with Gasteiger partial charge in [0, 0.05) is 12.2 Å². The zero-order valence-corrected chi connectivity index (χ0v) is 9.10. The molecule has 5 nitrogen and oxygen atoms in total. The van der Waals surface area contributed by atoms with Crippen LogP contribution in [0, 0.1) is 0 Å². The van der Waals surface area contributed by atoms with Gasteiger partial charge in [-0.3, -0.25) is 9.59 Å². The lowest BCUT2D eigenvalue weighted by Gasteiger charge is -2.16. The summed E-state index contributed by atoms with van der Waals surface area (Å²) in [5.74, 6) is -2.53. The minimum Gasteiger partial charge on any atom is -0.545 e. The standard InChI is InChI=1S/C11H6ClNO4/c12-7-2-1-6(11(16)17)5-8(7)13-9(14)3-4-10(13)15/h1-5H,(H,16,17)/p-1. The van der Waals surface area contributed by atoms with Crippen LogP contribution in [0.15, 0.2) is 30.4 Å². The molecule has 0 aliphatic carbocycles. The molecule has 1 aliphatic rings. The van der Waals surface area contributed by atoms with Crippen LogP contribution in [0.3, 0.4) is 0 Å². The Hall–Kier alpha value is -2.14. The number of amides is 2. The molecular weight excluding hydrogens is 246 g/mol. The van der Waals surface area contributed by atoms with Gasteiger partial charge in [-0.2, -0.15) is 0 Å². The van der Waals surface area contributed by atoms with Crippen molar-refractivity contribution in [2.45, 2.75) is 0 Å². The number of carbonyl (C=O) groups excluding carboxylic acids is 3. The fourth-order valence-corrected chi connectivity index (χ4v) is 1.65. The zero-order chi connectivity index (χ0) is 12.6. The van der Waals surface area contributed by atoms with E-state index in [-0.39, 0.29) is 16.3 Å². The van der Waals surface area contributed by atoms with Crippen LogP contribution < -0.4 is 10.0 Å². The van der Waals surface area contributed by atoms with Crippen molar-refractivity contribution in [3.8, 4) is 0 Å². The maximum Gasteiger partial charge on any atom is 0.258 e. The van der Waals surface area contributed by atoms with Gasteiger partial charge in [0.25, 0.3) is 11.8 Å². The molecule has 1 heterocycles. The lowest BCUT2D eigenvalue weighted by Crippen LogP contribution is -2.30. The molecule has 17 heavy (non-hydrogen) atoms. The van der Waals surface area contributed by atoms with Crippen molar-refractivity contribution in [2.24, 2.45) is 0 Å². The van der Waals surface area contributed by atoms with Crippen LogP contribution >= 0.6 is 11.6 Å². The predicted octanol–water partition coefficient (Wildman–Crippen LogP) is 0.133. The topological polar surface area (TPSA) is 77.5 Å². The van der Waals surface area contributed by atoms with Gasteiger partial charge in [-0.25, -0.2) is 4.90 Å². The number of hydrogen-bond acceptors (Lipinski definition) is 4. The summed E-state index contributed by atoms with van der Waals surface area (Å²) in [7, 11) is 0. The number of hydrogen-bond donors (Lipinski definition) is 0. The van der Waals surface area contributed by atoms with Crippen molar-refractivity contribution < 1.29 is 19.5 Å². The fourth-order valence-electron chi connectivity index (χ4n) is 1.45. The number of imide groups is 1. The third kappa shape index (κ3) is 1.92. The summed E-state index contributed by atoms with van der Waals surface area (Å²) in [4.78, 5) is 34.3. The summed E-state index contributed by atoms with van der Waals surface area (Å²) < 4.78 is 0. The highest BCUT2D eigenvalue weighted by Crippen LogP contribution is 2.29. The minimum absolute atomic E-state index is 0.0355. The molecule has 0 radical (unpaired) electrons. The second kappa shape index (κ2) is 4.03. The van der Waals surface area contributed by atoms with E-state index in [1.54, 1.807) is 0 Å². The van der Waals surface area contributed by atoms with Crippen molar-refractivity contribution in [3.63, 3.8) is 0 Å². The predicted molar refractivity (Wildman–Crippen MR) is 57.4 cm³/mol. The lowest BCUT2D eigenvalue weighted by atomic mass is 10.2. The van der Waals surface area contributed by atoms with Crippen molar-refractivity contribution in [1.29, 1.82) is 0 Å². The summed E-state index contributed by atoms with van der Waals surface area (Å²) in [6.07, 6.45) is 2.18. The molecule has 0 N–H and O–H groups in total. The van der Waals surface area contributed by atoms with Gasteiger partial charge in [0.05, 0.1) is 16.7 Å². The van der Waals surface area contributed by atoms with Crippen LogP contribution in [0.4, 0.5) is 5.69 Å². The first-order valence-electron chi connectivity index (χ1n) is 4.58. The highest BCUT2D eigenvalue weighted by molar-refractivity contribution is 6.37. The van der Waals surface area contributed by atoms with E-state index in [9.17, 15) is 19.5 Å². The van der Waals surface area contributed by atoms with Crippen LogP contribution in [0.25, 0.3) is 0 Å². The summed E-state index contributed by atoms with van der Waals surface area (Å²) in [5, 5.41) is 10.8. The average molecular weight is 251 g/mol. The van der Waals surface area contributed by atoms with Gasteiger partial charge in [0.2, 0.25) is 0 Å². The van der Waals surface area contributed by atoms with Crippen LogP contribution in [-0.2, 0) is 9.59 Å². The molecule has 0 saturated heterocycles. The molecule has 0 bridgehead atoms. The van der Waals surface area contributed by atoms with E-state index in [2.05, 4.69) is 0 Å². The number of halogens is 1. The van der Waals surface area contributed by atoms with E-state index in [0.717, 1.165) is 23.1 Å². The molecule has 6 heteroatoms. The second-order valence-corrected chi connectivity index (χ2v) is 3.71. The third-order valence-corrected chi connectivity index (χ3v) is 2.55. The maximum absolute atomic E-state index is 11.4. The zero-order valence-electron chi connectivity index (χ0n) is 8.34. The summed E-state index contributed by atoms with van der Waals surface area (Å²) in [6.45, 7) is 0. The third-order valence-electron chi connectivity index (χ3n) is 2.23. The lowest BCUT2D eigenvalue weighted by molar-refractivity contribution is -0.255. The summed E-state index contributed by atoms with van der Waals surface area (Å²) in [5.41, 5.74) is -0.120. The minimum atomic E-state index is -1.41. The largest absolute Gasteiger partial charge is 0.545 e. The molecule has 1 aliphatic heterocycles. The van der Waals surface area contributed by atoms with Crippen LogP contribution in [-0.4, -0.2) is 17.8 Å². The number of rotatable bonds is 2. The number of carboxylic acids is 1. The number of benzene rings is 1. The summed E-state index contributed by atoms with van der Waals surface area (Å²) >= 11 is 5.82. The number of nitrogens with zero attached hydrogens (tertiary/aromatic N) is 1. The van der Waals surface area contributed by atoms with E-state index in [0.29, 0.717) is 0 Å². The Kier molecular flexibility index (Phi) is 2.69. The van der Waals surface area contributed by atoms with Gasteiger partial charge >= 0.3 is 0 Å². The molecule has 0 unspecified atom stereocenters. The fraction of sp³-hybridized carbons (Fsp3) is 0. The highest BCUT2D eigenvalue weighted by atomic mass is 35.5. The van der Waals surface area contributed by atoms with Gasteiger partial charge < -0.3 is 9.90 Å². The van der Waals surface area contributed by atoms with Gasteiger partial charge in [-0.1, -0.05) is 17.7 Å². The van der Waals surface area contributed by atoms with E-state index >= 15 is 0 Å². The van der Waals surface area contributed by atoms with E-state index in [4.69, 9.17) is 11.6 Å². The van der Waals surface area contributed by atoms with Crippen molar-refractivity contribution in [3.05, 3.63) is 40.9 Å². The van der Waals surface area contributed by atoms with E-state index < -0.39 is 17.8 Å². The second-order valence-electron chi connectivity index (χ2n) is 3.30. The number of anilines is 1. The summed E-state index contributed by atoms with van der Waals surface area (Å²) in [6, 6.07) is 3.65. The van der Waals surface area contributed by atoms with Crippen molar-refractivity contribution >= 4 is 35.1 Å². The quantitative estimate of drug-likeness (QED) is 0.699. The van der Waals surface area contributed by atoms with Crippen molar-refractivity contribution in [2.75, 3.05) is 4.90 Å². The smallest absolute Gasteiger partial charge is 0.258 e. The highest BCUT2D eigenvalue weighted by Gasteiger charge is 2.27. The molecular formula is C11H5ClNO4-. The molecule has 1 aromatic carbocycles. The molecule has 0 fully saturated rings. The van der Waals surface area contributed by atoms with E-state index in [1.165, 1.54) is 12.1 Å². The Morgan fingerprint density at radius 2 is 1.76 bits per heavy atom. The van der Waals surface area contributed by atoms with Crippen molar-refractivity contribution in [1.82, 2.24) is 0 Å². The Bertz CT molecular complexity index is 547. The average Bonchev–Trinajstić information content (AvgIpc) is 2.59. The van der Waals surface area contributed by atoms with Gasteiger partial charge in [-0.15, -0.1) is 0 Å². The monoisotopic (exact) mass is 250 g/mol. The molecule has 0 aromatic heterocycles. The van der Waals surface area contributed by atoms with Gasteiger partial charge in [-0.05, 0) is 17.7 Å². The molecule has 0 saturated carbocycles. The number of aromatic carboxylic acids is 1. The Balaban J connectivity index is 2.51. The first kappa shape index (κ1) is 11.3. The molecule has 86 valence electrons.